The molecule has 0 aliphatic heterocycles. The predicted molar refractivity (Wildman–Crippen MR) is 78.8 cm³/mol. The van der Waals surface area contributed by atoms with Gasteiger partial charge < -0.3 is 5.32 Å². The zero-order valence-corrected chi connectivity index (χ0v) is 12.7. The summed E-state index contributed by atoms with van der Waals surface area (Å²) in [6, 6.07) is 11.0. The van der Waals surface area contributed by atoms with Gasteiger partial charge in [-0.1, -0.05) is 18.2 Å². The number of nitrogens with one attached hydrogen (secondary N) is 1. The molecule has 0 bridgehead atoms. The van der Waals surface area contributed by atoms with Crippen molar-refractivity contribution >= 4 is 27.3 Å². The molecule has 2 aromatic rings. The van der Waals surface area contributed by atoms with Gasteiger partial charge in [-0.2, -0.15) is 0 Å². The zero-order valence-electron chi connectivity index (χ0n) is 10.3. The standard InChI is InChI=1S/C14H16BrNS/c1-9-5-4-6-10(2)13(9)14(16-3)11-7-8-12(15)17-11/h4-8,14,16H,1-3H3. The second kappa shape index (κ2) is 5.34. The van der Waals surface area contributed by atoms with Crippen LogP contribution >= 0.6 is 27.3 Å². The van der Waals surface area contributed by atoms with Crippen molar-refractivity contribution in [2.24, 2.45) is 0 Å². The van der Waals surface area contributed by atoms with E-state index in [0.29, 0.717) is 0 Å². The van der Waals surface area contributed by atoms with E-state index in [4.69, 9.17) is 0 Å². The maximum absolute atomic E-state index is 3.53. The Labute approximate surface area is 115 Å². The Kier molecular flexibility index (Phi) is 4.02. The minimum Gasteiger partial charge on any atom is -0.309 e. The average molecular weight is 310 g/mol. The van der Waals surface area contributed by atoms with E-state index < -0.39 is 0 Å². The minimum atomic E-state index is 0.285. The fourth-order valence-corrected chi connectivity index (χ4v) is 3.74. The molecule has 17 heavy (non-hydrogen) atoms. The van der Waals surface area contributed by atoms with Gasteiger partial charge >= 0.3 is 0 Å². The minimum absolute atomic E-state index is 0.285. The van der Waals surface area contributed by atoms with Gasteiger partial charge in [0.15, 0.2) is 0 Å². The summed E-state index contributed by atoms with van der Waals surface area (Å²) < 4.78 is 1.18. The smallest absolute Gasteiger partial charge is 0.0702 e. The van der Waals surface area contributed by atoms with E-state index in [1.165, 1.54) is 25.4 Å². The molecule has 0 saturated carbocycles. The molecule has 0 saturated heterocycles. The molecule has 0 aliphatic carbocycles. The van der Waals surface area contributed by atoms with Crippen molar-refractivity contribution in [2.45, 2.75) is 19.9 Å². The van der Waals surface area contributed by atoms with Gasteiger partial charge in [0, 0.05) is 4.88 Å². The first-order chi connectivity index (χ1) is 8.13. The topological polar surface area (TPSA) is 12.0 Å². The van der Waals surface area contributed by atoms with Crippen LogP contribution in [0.15, 0.2) is 34.1 Å². The number of halogens is 1. The summed E-state index contributed by atoms with van der Waals surface area (Å²) in [5.74, 6) is 0. The molecule has 3 heteroatoms. The first kappa shape index (κ1) is 12.8. The highest BCUT2D eigenvalue weighted by atomic mass is 79.9. The summed E-state index contributed by atoms with van der Waals surface area (Å²) in [7, 11) is 2.02. The third kappa shape index (κ3) is 2.62. The SMILES string of the molecule is CNC(c1ccc(Br)s1)c1c(C)cccc1C. The van der Waals surface area contributed by atoms with Crippen molar-refractivity contribution in [2.75, 3.05) is 7.05 Å². The number of benzene rings is 1. The molecular formula is C14H16BrNS. The van der Waals surface area contributed by atoms with Gasteiger partial charge in [-0.15, -0.1) is 11.3 Å². The number of aryl methyl sites for hydroxylation is 2. The number of hydrogen-bond donors (Lipinski definition) is 1. The van der Waals surface area contributed by atoms with Crippen LogP contribution in [0.1, 0.15) is 27.6 Å². The van der Waals surface area contributed by atoms with Crippen LogP contribution in [0.5, 0.6) is 0 Å². The normalized spacial score (nSPS) is 12.7. The molecule has 1 aromatic carbocycles. The Balaban J connectivity index is 2.49. The molecule has 2 rings (SSSR count). The summed E-state index contributed by atoms with van der Waals surface area (Å²) in [6.07, 6.45) is 0. The maximum Gasteiger partial charge on any atom is 0.0702 e. The summed E-state index contributed by atoms with van der Waals surface area (Å²) in [6.45, 7) is 4.35. The van der Waals surface area contributed by atoms with Gasteiger partial charge in [0.1, 0.15) is 0 Å². The average Bonchev–Trinajstić information content (AvgIpc) is 2.70. The molecular weight excluding hydrogens is 294 g/mol. The van der Waals surface area contributed by atoms with Crippen molar-refractivity contribution < 1.29 is 0 Å². The van der Waals surface area contributed by atoms with Crippen molar-refractivity contribution in [3.05, 3.63) is 55.7 Å². The van der Waals surface area contributed by atoms with E-state index in [1.807, 2.05) is 7.05 Å². The molecule has 1 N–H and O–H groups in total. The van der Waals surface area contributed by atoms with Crippen molar-refractivity contribution in [1.82, 2.24) is 5.32 Å². The predicted octanol–water partition coefficient (Wildman–Crippen LogP) is 4.44. The summed E-state index contributed by atoms with van der Waals surface area (Å²) >= 11 is 5.32. The Morgan fingerprint density at radius 2 is 1.76 bits per heavy atom. The lowest BCUT2D eigenvalue weighted by Gasteiger charge is -2.20. The molecule has 0 radical (unpaired) electrons. The van der Waals surface area contributed by atoms with E-state index >= 15 is 0 Å². The van der Waals surface area contributed by atoms with Gasteiger partial charge in [-0.3, -0.25) is 0 Å². The van der Waals surface area contributed by atoms with Crippen LogP contribution in [0, 0.1) is 13.8 Å². The van der Waals surface area contributed by atoms with Crippen LogP contribution in [0.25, 0.3) is 0 Å². The highest BCUT2D eigenvalue weighted by Gasteiger charge is 2.17. The van der Waals surface area contributed by atoms with E-state index in [0.717, 1.165) is 0 Å². The number of thiophene rings is 1. The molecule has 1 heterocycles. The van der Waals surface area contributed by atoms with Crippen LogP contribution in [0.2, 0.25) is 0 Å². The second-order valence-corrected chi connectivity index (χ2v) is 6.66. The third-order valence-electron chi connectivity index (χ3n) is 3.00. The van der Waals surface area contributed by atoms with Crippen LogP contribution < -0.4 is 5.32 Å². The molecule has 1 aromatic heterocycles. The van der Waals surface area contributed by atoms with Crippen molar-refractivity contribution in [3.63, 3.8) is 0 Å². The first-order valence-corrected chi connectivity index (χ1v) is 7.23. The highest BCUT2D eigenvalue weighted by Crippen LogP contribution is 2.33. The van der Waals surface area contributed by atoms with Crippen LogP contribution in [0.4, 0.5) is 0 Å². The van der Waals surface area contributed by atoms with Crippen molar-refractivity contribution in [1.29, 1.82) is 0 Å². The third-order valence-corrected chi connectivity index (χ3v) is 4.69. The van der Waals surface area contributed by atoms with E-state index in [1.54, 1.807) is 11.3 Å². The van der Waals surface area contributed by atoms with Crippen LogP contribution in [-0.2, 0) is 0 Å². The van der Waals surface area contributed by atoms with Gasteiger partial charge in [-0.25, -0.2) is 0 Å². The van der Waals surface area contributed by atoms with Gasteiger partial charge in [0.05, 0.1) is 9.83 Å². The lowest BCUT2D eigenvalue weighted by atomic mass is 9.95. The Morgan fingerprint density at radius 3 is 2.24 bits per heavy atom. The van der Waals surface area contributed by atoms with Gasteiger partial charge in [0.2, 0.25) is 0 Å². The van der Waals surface area contributed by atoms with Gasteiger partial charge in [0.25, 0.3) is 0 Å². The highest BCUT2D eigenvalue weighted by molar-refractivity contribution is 9.11. The lowest BCUT2D eigenvalue weighted by molar-refractivity contribution is 0.695. The summed E-state index contributed by atoms with van der Waals surface area (Å²) in [4.78, 5) is 1.34. The fraction of sp³-hybridized carbons (Fsp3) is 0.286. The van der Waals surface area contributed by atoms with Crippen LogP contribution in [-0.4, -0.2) is 7.05 Å². The number of rotatable bonds is 3. The molecule has 0 fully saturated rings. The molecule has 0 amide bonds. The van der Waals surface area contributed by atoms with E-state index in [9.17, 15) is 0 Å². The zero-order chi connectivity index (χ0) is 12.4. The number of hydrogen-bond acceptors (Lipinski definition) is 2. The Hall–Kier alpha value is -0.640. The Morgan fingerprint density at radius 1 is 1.12 bits per heavy atom. The lowest BCUT2D eigenvalue weighted by Crippen LogP contribution is -2.18. The maximum atomic E-state index is 3.53. The molecule has 1 atom stereocenters. The molecule has 90 valence electrons. The quantitative estimate of drug-likeness (QED) is 0.884. The van der Waals surface area contributed by atoms with Gasteiger partial charge in [-0.05, 0) is 65.6 Å². The van der Waals surface area contributed by atoms with Crippen LogP contribution in [0.3, 0.4) is 0 Å². The molecule has 0 spiro atoms. The summed E-state index contributed by atoms with van der Waals surface area (Å²) in [5, 5.41) is 3.42. The molecule has 0 aliphatic rings. The second-order valence-electron chi connectivity index (χ2n) is 4.17. The monoisotopic (exact) mass is 309 g/mol. The van der Waals surface area contributed by atoms with E-state index in [2.05, 4.69) is 65.4 Å². The molecule has 1 nitrogen and oxygen atoms in total. The first-order valence-electron chi connectivity index (χ1n) is 5.62. The molecule has 1 unspecified atom stereocenters. The Bertz CT molecular complexity index is 498. The van der Waals surface area contributed by atoms with E-state index in [-0.39, 0.29) is 6.04 Å². The van der Waals surface area contributed by atoms with Crippen molar-refractivity contribution in [3.8, 4) is 0 Å². The fourth-order valence-electron chi connectivity index (χ4n) is 2.19. The largest absolute Gasteiger partial charge is 0.309 e. The summed E-state index contributed by atoms with van der Waals surface area (Å²) in [5.41, 5.74) is 4.08.